The maximum atomic E-state index is 11.8. The van der Waals surface area contributed by atoms with Crippen LogP contribution in [0.25, 0.3) is 0 Å². The third-order valence-electron chi connectivity index (χ3n) is 2.93. The van der Waals surface area contributed by atoms with E-state index in [-0.39, 0.29) is 16.6 Å². The molecule has 6 nitrogen and oxygen atoms in total. The maximum absolute atomic E-state index is 11.8. The molecular formula is C13H18ClN3O3. The number of hydrogen-bond donors (Lipinski definition) is 1. The van der Waals surface area contributed by atoms with Gasteiger partial charge in [-0.3, -0.25) is 14.9 Å². The van der Waals surface area contributed by atoms with Crippen molar-refractivity contribution in [1.29, 1.82) is 0 Å². The van der Waals surface area contributed by atoms with Crippen molar-refractivity contribution < 1.29 is 9.72 Å². The third-order valence-corrected chi connectivity index (χ3v) is 3.25. The minimum atomic E-state index is -0.500. The standard InChI is InChI=1S/C13H18ClN3O3/c1-3-16(4-2)13(18)7-8-15-12-6-5-10(17(19)20)9-11(12)14/h5-6,9,15H,3-4,7-8H2,1-2H3. The highest BCUT2D eigenvalue weighted by molar-refractivity contribution is 6.33. The van der Waals surface area contributed by atoms with Gasteiger partial charge < -0.3 is 10.2 Å². The zero-order chi connectivity index (χ0) is 15.1. The Bertz CT molecular complexity index is 490. The second-order valence-electron chi connectivity index (χ2n) is 4.16. The SMILES string of the molecule is CCN(CC)C(=O)CCNc1ccc([N+](=O)[O-])cc1Cl. The predicted molar refractivity (Wildman–Crippen MR) is 79.1 cm³/mol. The van der Waals surface area contributed by atoms with E-state index in [1.165, 1.54) is 12.1 Å². The lowest BCUT2D eigenvalue weighted by molar-refractivity contribution is -0.384. The fraction of sp³-hybridized carbons (Fsp3) is 0.462. The molecule has 0 radical (unpaired) electrons. The Kier molecular flexibility index (Phi) is 6.24. The quantitative estimate of drug-likeness (QED) is 0.620. The first-order valence-corrected chi connectivity index (χ1v) is 6.83. The largest absolute Gasteiger partial charge is 0.383 e. The highest BCUT2D eigenvalue weighted by Crippen LogP contribution is 2.26. The second-order valence-corrected chi connectivity index (χ2v) is 4.57. The number of hydrogen-bond acceptors (Lipinski definition) is 4. The summed E-state index contributed by atoms with van der Waals surface area (Å²) >= 11 is 5.94. The van der Waals surface area contributed by atoms with Crippen LogP contribution in [-0.2, 0) is 4.79 Å². The van der Waals surface area contributed by atoms with E-state index in [4.69, 9.17) is 11.6 Å². The topological polar surface area (TPSA) is 75.5 Å². The van der Waals surface area contributed by atoms with E-state index in [1.807, 2.05) is 13.8 Å². The zero-order valence-electron chi connectivity index (χ0n) is 11.6. The summed E-state index contributed by atoms with van der Waals surface area (Å²) in [7, 11) is 0. The van der Waals surface area contributed by atoms with Crippen LogP contribution in [0.4, 0.5) is 11.4 Å². The molecule has 0 fully saturated rings. The van der Waals surface area contributed by atoms with E-state index in [9.17, 15) is 14.9 Å². The van der Waals surface area contributed by atoms with E-state index in [0.29, 0.717) is 31.7 Å². The average Bonchev–Trinajstić information content (AvgIpc) is 2.41. The molecule has 1 aromatic carbocycles. The summed E-state index contributed by atoms with van der Waals surface area (Å²) in [5.41, 5.74) is 0.532. The number of nitrogens with zero attached hydrogens (tertiary/aromatic N) is 2. The van der Waals surface area contributed by atoms with Crippen LogP contribution in [0, 0.1) is 10.1 Å². The van der Waals surface area contributed by atoms with Gasteiger partial charge in [-0.1, -0.05) is 11.6 Å². The van der Waals surface area contributed by atoms with Crippen LogP contribution in [-0.4, -0.2) is 35.4 Å². The van der Waals surface area contributed by atoms with E-state index >= 15 is 0 Å². The minimum Gasteiger partial charge on any atom is -0.383 e. The third kappa shape index (κ3) is 4.38. The van der Waals surface area contributed by atoms with Crippen LogP contribution >= 0.6 is 11.6 Å². The molecule has 0 aliphatic rings. The summed E-state index contributed by atoms with van der Waals surface area (Å²) in [6, 6.07) is 4.21. The van der Waals surface area contributed by atoms with Crippen molar-refractivity contribution in [1.82, 2.24) is 4.90 Å². The number of anilines is 1. The van der Waals surface area contributed by atoms with Crippen LogP contribution in [0.15, 0.2) is 18.2 Å². The summed E-state index contributed by atoms with van der Waals surface area (Å²) in [5.74, 6) is 0.0699. The molecule has 0 saturated heterocycles. The molecule has 1 aromatic rings. The number of non-ortho nitro benzene ring substituents is 1. The Morgan fingerprint density at radius 3 is 2.55 bits per heavy atom. The molecule has 1 rings (SSSR count). The molecule has 1 N–H and O–H groups in total. The fourth-order valence-corrected chi connectivity index (χ4v) is 2.04. The monoisotopic (exact) mass is 299 g/mol. The smallest absolute Gasteiger partial charge is 0.271 e. The lowest BCUT2D eigenvalue weighted by Gasteiger charge is -2.18. The number of nitro benzene ring substituents is 1. The Labute approximate surface area is 122 Å². The van der Waals surface area contributed by atoms with E-state index in [2.05, 4.69) is 5.32 Å². The van der Waals surface area contributed by atoms with Gasteiger partial charge in [-0.15, -0.1) is 0 Å². The molecule has 0 aliphatic carbocycles. The van der Waals surface area contributed by atoms with Gasteiger partial charge in [0.15, 0.2) is 0 Å². The second kappa shape index (κ2) is 7.69. The van der Waals surface area contributed by atoms with Gasteiger partial charge in [0, 0.05) is 38.2 Å². The van der Waals surface area contributed by atoms with E-state index in [0.717, 1.165) is 0 Å². The van der Waals surface area contributed by atoms with Crippen molar-refractivity contribution in [3.05, 3.63) is 33.3 Å². The van der Waals surface area contributed by atoms with Gasteiger partial charge in [0.2, 0.25) is 5.91 Å². The first kappa shape index (κ1) is 16.2. The van der Waals surface area contributed by atoms with Crippen LogP contribution in [0.3, 0.4) is 0 Å². The molecule has 110 valence electrons. The van der Waals surface area contributed by atoms with E-state index < -0.39 is 4.92 Å². The molecule has 0 saturated carbocycles. The van der Waals surface area contributed by atoms with Gasteiger partial charge in [-0.05, 0) is 19.9 Å². The number of benzene rings is 1. The molecule has 0 spiro atoms. The molecule has 0 aromatic heterocycles. The molecule has 20 heavy (non-hydrogen) atoms. The molecule has 0 unspecified atom stereocenters. The van der Waals surface area contributed by atoms with Gasteiger partial charge in [0.05, 0.1) is 15.6 Å². The van der Waals surface area contributed by atoms with Crippen LogP contribution in [0.5, 0.6) is 0 Å². The van der Waals surface area contributed by atoms with Crippen molar-refractivity contribution in [3.8, 4) is 0 Å². The fourth-order valence-electron chi connectivity index (χ4n) is 1.80. The average molecular weight is 300 g/mol. The highest BCUT2D eigenvalue weighted by atomic mass is 35.5. The predicted octanol–water partition coefficient (Wildman–Crippen LogP) is 2.92. The molecule has 7 heteroatoms. The Morgan fingerprint density at radius 1 is 1.40 bits per heavy atom. The van der Waals surface area contributed by atoms with Crippen molar-refractivity contribution in [2.45, 2.75) is 20.3 Å². The first-order chi connectivity index (χ1) is 9.49. The molecular weight excluding hydrogens is 282 g/mol. The molecule has 0 aliphatic heterocycles. The summed E-state index contributed by atoms with van der Waals surface area (Å²) < 4.78 is 0. The molecule has 0 atom stereocenters. The summed E-state index contributed by atoms with van der Waals surface area (Å²) in [6.07, 6.45) is 0.356. The maximum Gasteiger partial charge on any atom is 0.271 e. The molecule has 0 heterocycles. The van der Waals surface area contributed by atoms with Gasteiger partial charge in [-0.25, -0.2) is 0 Å². The van der Waals surface area contributed by atoms with Crippen LogP contribution in [0.1, 0.15) is 20.3 Å². The number of halogens is 1. The zero-order valence-corrected chi connectivity index (χ0v) is 12.3. The molecule has 1 amide bonds. The van der Waals surface area contributed by atoms with Gasteiger partial charge in [0.25, 0.3) is 5.69 Å². The van der Waals surface area contributed by atoms with Crippen molar-refractivity contribution in [3.63, 3.8) is 0 Å². The van der Waals surface area contributed by atoms with Gasteiger partial charge in [-0.2, -0.15) is 0 Å². The lowest BCUT2D eigenvalue weighted by atomic mass is 10.2. The number of carbonyl (C=O) groups is 1. The van der Waals surface area contributed by atoms with Crippen LogP contribution in [0.2, 0.25) is 5.02 Å². The van der Waals surface area contributed by atoms with Crippen molar-refractivity contribution in [2.75, 3.05) is 25.0 Å². The molecule has 0 bridgehead atoms. The van der Waals surface area contributed by atoms with Gasteiger partial charge in [0.1, 0.15) is 0 Å². The van der Waals surface area contributed by atoms with Crippen molar-refractivity contribution >= 4 is 28.9 Å². The highest BCUT2D eigenvalue weighted by Gasteiger charge is 2.11. The minimum absolute atomic E-state index is 0.0558. The number of rotatable bonds is 7. The lowest BCUT2D eigenvalue weighted by Crippen LogP contribution is -2.31. The Balaban J connectivity index is 2.54. The number of nitrogens with one attached hydrogen (secondary N) is 1. The van der Waals surface area contributed by atoms with Crippen LogP contribution < -0.4 is 5.32 Å². The first-order valence-electron chi connectivity index (χ1n) is 6.45. The summed E-state index contributed by atoms with van der Waals surface area (Å²) in [5, 5.41) is 13.9. The van der Waals surface area contributed by atoms with E-state index in [1.54, 1.807) is 11.0 Å². The normalized spacial score (nSPS) is 10.2. The summed E-state index contributed by atoms with van der Waals surface area (Å²) in [4.78, 5) is 23.6. The Morgan fingerprint density at radius 2 is 2.05 bits per heavy atom. The van der Waals surface area contributed by atoms with Gasteiger partial charge >= 0.3 is 0 Å². The Hall–Kier alpha value is -1.82. The van der Waals surface area contributed by atoms with Crippen molar-refractivity contribution in [2.24, 2.45) is 0 Å². The number of nitro groups is 1. The number of carbonyl (C=O) groups excluding carboxylic acids is 1. The summed E-state index contributed by atoms with van der Waals surface area (Å²) in [6.45, 7) is 5.68. The number of amides is 1.